The van der Waals surface area contributed by atoms with E-state index in [0.29, 0.717) is 43.1 Å². The lowest BCUT2D eigenvalue weighted by atomic mass is 10.1. The van der Waals surface area contributed by atoms with Crippen molar-refractivity contribution in [3.8, 4) is 5.75 Å². The van der Waals surface area contributed by atoms with E-state index >= 15 is 0 Å². The van der Waals surface area contributed by atoms with E-state index in [4.69, 9.17) is 36.3 Å². The molecule has 2 fully saturated rings. The SMILES string of the molecule is COc1ccc(NC(N)=NCC2COC3(CCOCC3)O2)cc1Cl. The van der Waals surface area contributed by atoms with Gasteiger partial charge in [0, 0.05) is 18.5 Å². The highest BCUT2D eigenvalue weighted by Gasteiger charge is 2.42. The van der Waals surface area contributed by atoms with Gasteiger partial charge in [-0.15, -0.1) is 0 Å². The van der Waals surface area contributed by atoms with Gasteiger partial charge in [0.1, 0.15) is 11.9 Å². The molecule has 132 valence electrons. The lowest BCUT2D eigenvalue weighted by Gasteiger charge is -2.31. The van der Waals surface area contributed by atoms with E-state index in [0.717, 1.165) is 18.5 Å². The number of nitrogens with two attached hydrogens (primary N) is 1. The Labute approximate surface area is 146 Å². The topological polar surface area (TPSA) is 87.3 Å². The first-order valence-corrected chi connectivity index (χ1v) is 8.28. The van der Waals surface area contributed by atoms with Gasteiger partial charge < -0.3 is 30.0 Å². The summed E-state index contributed by atoms with van der Waals surface area (Å²) >= 11 is 6.08. The number of hydrogen-bond acceptors (Lipinski definition) is 5. The minimum absolute atomic E-state index is 0.0945. The van der Waals surface area contributed by atoms with E-state index in [1.807, 2.05) is 6.07 Å². The van der Waals surface area contributed by atoms with Crippen molar-refractivity contribution >= 4 is 23.2 Å². The highest BCUT2D eigenvalue weighted by molar-refractivity contribution is 6.32. The predicted octanol–water partition coefficient (Wildman–Crippen LogP) is 2.00. The van der Waals surface area contributed by atoms with E-state index in [1.54, 1.807) is 19.2 Å². The van der Waals surface area contributed by atoms with Crippen molar-refractivity contribution in [1.82, 2.24) is 0 Å². The molecule has 0 amide bonds. The van der Waals surface area contributed by atoms with Crippen molar-refractivity contribution < 1.29 is 18.9 Å². The van der Waals surface area contributed by atoms with Crippen LogP contribution < -0.4 is 15.8 Å². The van der Waals surface area contributed by atoms with Gasteiger partial charge in [0.2, 0.25) is 0 Å². The normalized spacial score (nSPS) is 23.4. The van der Waals surface area contributed by atoms with Gasteiger partial charge in [0.25, 0.3) is 0 Å². The molecule has 0 radical (unpaired) electrons. The second-order valence-electron chi connectivity index (χ2n) is 5.77. The third kappa shape index (κ3) is 4.10. The lowest BCUT2D eigenvalue weighted by Crippen LogP contribution is -2.38. The summed E-state index contributed by atoms with van der Waals surface area (Å²) in [6, 6.07) is 5.31. The van der Waals surface area contributed by atoms with Crippen LogP contribution in [0.2, 0.25) is 5.02 Å². The monoisotopic (exact) mass is 355 g/mol. The first kappa shape index (κ1) is 17.3. The minimum atomic E-state index is -0.496. The summed E-state index contributed by atoms with van der Waals surface area (Å²) in [6.07, 6.45) is 1.42. The highest BCUT2D eigenvalue weighted by Crippen LogP contribution is 2.33. The molecule has 7 nitrogen and oxygen atoms in total. The second-order valence-corrected chi connectivity index (χ2v) is 6.18. The minimum Gasteiger partial charge on any atom is -0.495 e. The number of hydrogen-bond donors (Lipinski definition) is 2. The summed E-state index contributed by atoms with van der Waals surface area (Å²) in [7, 11) is 1.57. The molecule has 1 spiro atoms. The van der Waals surface area contributed by atoms with Crippen molar-refractivity contribution in [2.24, 2.45) is 10.7 Å². The van der Waals surface area contributed by atoms with E-state index in [1.165, 1.54) is 0 Å². The van der Waals surface area contributed by atoms with Crippen LogP contribution in [0.5, 0.6) is 5.75 Å². The van der Waals surface area contributed by atoms with Gasteiger partial charge in [-0.3, -0.25) is 4.99 Å². The molecule has 2 heterocycles. The highest BCUT2D eigenvalue weighted by atomic mass is 35.5. The van der Waals surface area contributed by atoms with Crippen molar-refractivity contribution in [1.29, 1.82) is 0 Å². The maximum atomic E-state index is 6.08. The van der Waals surface area contributed by atoms with Gasteiger partial charge in [-0.2, -0.15) is 0 Å². The number of anilines is 1. The summed E-state index contributed by atoms with van der Waals surface area (Å²) in [4.78, 5) is 4.32. The molecule has 2 aliphatic rings. The quantitative estimate of drug-likeness (QED) is 0.634. The third-order valence-electron chi connectivity index (χ3n) is 4.06. The summed E-state index contributed by atoms with van der Waals surface area (Å²) in [5.74, 6) is 0.410. The molecule has 0 bridgehead atoms. The zero-order valence-electron chi connectivity index (χ0n) is 13.6. The number of methoxy groups -OCH3 is 1. The molecule has 2 saturated heterocycles. The predicted molar refractivity (Wildman–Crippen MR) is 91.7 cm³/mol. The van der Waals surface area contributed by atoms with Gasteiger partial charge in [0.15, 0.2) is 11.7 Å². The molecule has 2 aliphatic heterocycles. The molecule has 24 heavy (non-hydrogen) atoms. The molecule has 1 unspecified atom stereocenters. The first-order valence-electron chi connectivity index (χ1n) is 7.90. The average molecular weight is 356 g/mol. The summed E-state index contributed by atoms with van der Waals surface area (Å²) < 4.78 is 22.3. The second kappa shape index (κ2) is 7.57. The number of nitrogens with one attached hydrogen (secondary N) is 1. The van der Waals surface area contributed by atoms with Crippen LogP contribution >= 0.6 is 11.6 Å². The molecular weight excluding hydrogens is 334 g/mol. The Bertz CT molecular complexity index is 605. The number of halogens is 1. The van der Waals surface area contributed by atoms with Crippen LogP contribution in [0.25, 0.3) is 0 Å². The van der Waals surface area contributed by atoms with Crippen LogP contribution in [0, 0.1) is 0 Å². The molecule has 1 aromatic rings. The van der Waals surface area contributed by atoms with Crippen molar-refractivity contribution in [3.05, 3.63) is 23.2 Å². The fourth-order valence-electron chi connectivity index (χ4n) is 2.78. The third-order valence-corrected chi connectivity index (χ3v) is 4.35. The molecule has 0 saturated carbocycles. The van der Waals surface area contributed by atoms with Crippen LogP contribution in [0.1, 0.15) is 12.8 Å². The number of nitrogens with zero attached hydrogens (tertiary/aromatic N) is 1. The molecule has 0 aliphatic carbocycles. The Balaban J connectivity index is 1.52. The Morgan fingerprint density at radius 1 is 1.46 bits per heavy atom. The molecule has 3 rings (SSSR count). The van der Waals surface area contributed by atoms with Crippen LogP contribution in [0.15, 0.2) is 23.2 Å². The Kier molecular flexibility index (Phi) is 5.45. The summed E-state index contributed by atoms with van der Waals surface area (Å²) in [5, 5.41) is 3.50. The molecule has 3 N–H and O–H groups in total. The zero-order valence-corrected chi connectivity index (χ0v) is 14.3. The number of ether oxygens (including phenoxy) is 4. The standard InChI is InChI=1S/C16H22ClN3O4/c1-21-14-3-2-11(8-13(14)17)20-15(18)19-9-12-10-23-16(24-12)4-6-22-7-5-16/h2-3,8,12H,4-7,9-10H2,1H3,(H3,18,19,20). The van der Waals surface area contributed by atoms with Gasteiger partial charge in [-0.1, -0.05) is 11.6 Å². The largest absolute Gasteiger partial charge is 0.495 e. The number of aliphatic imine (C=N–C) groups is 1. The molecule has 0 aromatic heterocycles. The Morgan fingerprint density at radius 3 is 2.96 bits per heavy atom. The maximum Gasteiger partial charge on any atom is 0.193 e. The van der Waals surface area contributed by atoms with Gasteiger partial charge in [0.05, 0.1) is 38.5 Å². The molecule has 8 heteroatoms. The fraction of sp³-hybridized carbons (Fsp3) is 0.562. The van der Waals surface area contributed by atoms with E-state index in [-0.39, 0.29) is 6.10 Å². The van der Waals surface area contributed by atoms with Crippen LogP contribution in [0.3, 0.4) is 0 Å². The van der Waals surface area contributed by atoms with Crippen molar-refractivity contribution in [3.63, 3.8) is 0 Å². The number of guanidine groups is 1. The van der Waals surface area contributed by atoms with Crippen molar-refractivity contribution in [2.45, 2.75) is 24.7 Å². The number of benzene rings is 1. The fourth-order valence-corrected chi connectivity index (χ4v) is 3.04. The van der Waals surface area contributed by atoms with E-state index in [9.17, 15) is 0 Å². The Hall–Kier alpha value is -1.54. The molecular formula is C16H22ClN3O4. The average Bonchev–Trinajstić information content (AvgIpc) is 2.96. The van der Waals surface area contributed by atoms with Gasteiger partial charge in [-0.05, 0) is 18.2 Å². The van der Waals surface area contributed by atoms with Crippen LogP contribution in [-0.2, 0) is 14.2 Å². The molecule has 1 aromatic carbocycles. The van der Waals surface area contributed by atoms with E-state index in [2.05, 4.69) is 10.3 Å². The maximum absolute atomic E-state index is 6.08. The molecule has 1 atom stereocenters. The lowest BCUT2D eigenvalue weighted by molar-refractivity contribution is -0.210. The number of rotatable bonds is 4. The Morgan fingerprint density at radius 2 is 2.25 bits per heavy atom. The summed E-state index contributed by atoms with van der Waals surface area (Å²) in [6.45, 7) is 2.28. The van der Waals surface area contributed by atoms with Crippen LogP contribution in [-0.4, -0.2) is 51.3 Å². The summed E-state index contributed by atoms with van der Waals surface area (Å²) in [5.41, 5.74) is 6.66. The zero-order chi connectivity index (χ0) is 17.0. The van der Waals surface area contributed by atoms with Gasteiger partial charge in [-0.25, -0.2) is 0 Å². The van der Waals surface area contributed by atoms with E-state index < -0.39 is 5.79 Å². The van der Waals surface area contributed by atoms with Crippen molar-refractivity contribution in [2.75, 3.05) is 38.8 Å². The smallest absolute Gasteiger partial charge is 0.193 e. The van der Waals surface area contributed by atoms with Gasteiger partial charge >= 0.3 is 0 Å². The first-order chi connectivity index (χ1) is 11.6. The van der Waals surface area contributed by atoms with Crippen LogP contribution in [0.4, 0.5) is 5.69 Å².